The van der Waals surface area contributed by atoms with E-state index in [-0.39, 0.29) is 26.1 Å². The number of rotatable bonds is 11. The molecule has 1 heterocycles. The van der Waals surface area contributed by atoms with Gasteiger partial charge in [0, 0.05) is 6.42 Å². The molecule has 1 fully saturated rings. The SMILES string of the molecule is CCC/C=C/CC1(C(=O)OCc2ccccc2)C(=O)N(C(=O)OC(C)(C)C)C(Cc2ccccc2)(C(=O)OCC)C1O. The van der Waals surface area contributed by atoms with Crippen LogP contribution < -0.4 is 0 Å². The Kier molecular flexibility index (Phi) is 10.7. The van der Waals surface area contributed by atoms with E-state index in [9.17, 15) is 24.3 Å². The molecule has 0 spiro atoms. The fourth-order valence-corrected chi connectivity index (χ4v) is 5.08. The van der Waals surface area contributed by atoms with Gasteiger partial charge in [-0.25, -0.2) is 14.5 Å². The molecular formula is C33H41NO8. The van der Waals surface area contributed by atoms with E-state index in [2.05, 4.69) is 0 Å². The molecule has 2 aromatic carbocycles. The molecular weight excluding hydrogens is 538 g/mol. The van der Waals surface area contributed by atoms with Crippen molar-refractivity contribution in [1.29, 1.82) is 0 Å². The molecule has 1 N–H and O–H groups in total. The Hall–Kier alpha value is -3.98. The summed E-state index contributed by atoms with van der Waals surface area (Å²) in [6, 6.07) is 17.5. The first-order valence-electron chi connectivity index (χ1n) is 14.3. The molecule has 226 valence electrons. The van der Waals surface area contributed by atoms with Crippen LogP contribution in [0.1, 0.15) is 65.0 Å². The van der Waals surface area contributed by atoms with Crippen LogP contribution in [0.3, 0.4) is 0 Å². The maximum absolute atomic E-state index is 14.5. The molecule has 2 aromatic rings. The number of ether oxygens (including phenoxy) is 3. The lowest BCUT2D eigenvalue weighted by Gasteiger charge is -2.38. The summed E-state index contributed by atoms with van der Waals surface area (Å²) < 4.78 is 16.6. The first-order chi connectivity index (χ1) is 19.9. The van der Waals surface area contributed by atoms with Crippen LogP contribution in [-0.4, -0.2) is 57.8 Å². The Labute approximate surface area is 247 Å². The van der Waals surface area contributed by atoms with E-state index in [0.29, 0.717) is 22.4 Å². The van der Waals surface area contributed by atoms with Gasteiger partial charge in [-0.1, -0.05) is 86.2 Å². The third kappa shape index (κ3) is 6.73. The first-order valence-corrected chi connectivity index (χ1v) is 14.3. The topological polar surface area (TPSA) is 119 Å². The molecule has 2 amide bonds. The van der Waals surface area contributed by atoms with E-state index in [0.717, 1.165) is 6.42 Å². The van der Waals surface area contributed by atoms with E-state index < -0.39 is 46.6 Å². The van der Waals surface area contributed by atoms with Crippen molar-refractivity contribution in [3.8, 4) is 0 Å². The zero-order valence-corrected chi connectivity index (χ0v) is 25.0. The van der Waals surface area contributed by atoms with Crippen molar-refractivity contribution in [1.82, 2.24) is 4.90 Å². The Morgan fingerprint density at radius 3 is 2.05 bits per heavy atom. The van der Waals surface area contributed by atoms with Crippen molar-refractivity contribution in [2.75, 3.05) is 6.61 Å². The van der Waals surface area contributed by atoms with Gasteiger partial charge in [-0.3, -0.25) is 9.59 Å². The highest BCUT2D eigenvalue weighted by Gasteiger charge is 2.75. The Morgan fingerprint density at radius 2 is 1.50 bits per heavy atom. The summed E-state index contributed by atoms with van der Waals surface area (Å²) in [7, 11) is 0. The molecule has 3 atom stereocenters. The molecule has 42 heavy (non-hydrogen) atoms. The number of aliphatic hydroxyl groups is 1. The Bertz CT molecular complexity index is 1270. The second-order valence-electron chi connectivity index (χ2n) is 11.3. The predicted octanol–water partition coefficient (Wildman–Crippen LogP) is 5.15. The molecule has 3 unspecified atom stereocenters. The fraction of sp³-hybridized carbons (Fsp3) is 0.455. The zero-order valence-electron chi connectivity index (χ0n) is 25.0. The summed E-state index contributed by atoms with van der Waals surface area (Å²) in [4.78, 5) is 56.9. The first kappa shape index (κ1) is 32.5. The minimum Gasteiger partial charge on any atom is -0.464 e. The van der Waals surface area contributed by atoms with Crippen LogP contribution in [0, 0.1) is 5.41 Å². The molecule has 0 radical (unpaired) electrons. The lowest BCUT2D eigenvalue weighted by Crippen LogP contribution is -2.62. The molecule has 0 saturated carbocycles. The fourth-order valence-electron chi connectivity index (χ4n) is 5.08. The predicted molar refractivity (Wildman–Crippen MR) is 156 cm³/mol. The minimum absolute atomic E-state index is 0.0969. The highest BCUT2D eigenvalue weighted by molar-refractivity contribution is 6.15. The van der Waals surface area contributed by atoms with Crippen LogP contribution in [0.15, 0.2) is 72.8 Å². The quantitative estimate of drug-likeness (QED) is 0.168. The summed E-state index contributed by atoms with van der Waals surface area (Å²) in [6.07, 6.45) is 1.02. The summed E-state index contributed by atoms with van der Waals surface area (Å²) in [5.74, 6) is -3.18. The van der Waals surface area contributed by atoms with Gasteiger partial charge in [0.05, 0.1) is 6.61 Å². The molecule has 9 heteroatoms. The molecule has 1 aliphatic rings. The monoisotopic (exact) mass is 579 g/mol. The summed E-state index contributed by atoms with van der Waals surface area (Å²) in [5.41, 5.74) is -4.53. The van der Waals surface area contributed by atoms with Crippen molar-refractivity contribution in [3.05, 3.63) is 83.9 Å². The number of amides is 2. The highest BCUT2D eigenvalue weighted by Crippen LogP contribution is 2.49. The standard InChI is InChI=1S/C33H41NO8/c1-6-8-9-16-21-32(28(37)41-23-25-19-14-11-15-20-25)26(35)33(29(38)40-7-2,22-24-17-12-10-13-18-24)34(27(32)36)30(39)42-31(3,4)5/h9-20,26,35H,6-8,21-23H2,1-5H3/b16-9+. The summed E-state index contributed by atoms with van der Waals surface area (Å²) in [6.45, 7) is 8.10. The van der Waals surface area contributed by atoms with Gasteiger partial charge in [0.15, 0.2) is 11.0 Å². The van der Waals surface area contributed by atoms with Crippen LogP contribution in [-0.2, 0) is 41.6 Å². The summed E-state index contributed by atoms with van der Waals surface area (Å²) >= 11 is 0. The number of imide groups is 1. The van der Waals surface area contributed by atoms with Gasteiger partial charge in [-0.15, -0.1) is 0 Å². The van der Waals surface area contributed by atoms with Gasteiger partial charge >= 0.3 is 18.0 Å². The van der Waals surface area contributed by atoms with Crippen molar-refractivity contribution in [2.24, 2.45) is 5.41 Å². The van der Waals surface area contributed by atoms with E-state index in [1.807, 2.05) is 13.0 Å². The maximum atomic E-state index is 14.5. The third-order valence-corrected chi connectivity index (χ3v) is 7.06. The van der Waals surface area contributed by atoms with Crippen LogP contribution in [0.5, 0.6) is 0 Å². The van der Waals surface area contributed by atoms with Gasteiger partial charge in [0.25, 0.3) is 5.91 Å². The van der Waals surface area contributed by atoms with Gasteiger partial charge in [-0.2, -0.15) is 0 Å². The van der Waals surface area contributed by atoms with Crippen LogP contribution in [0.25, 0.3) is 0 Å². The molecule has 0 bridgehead atoms. The highest BCUT2D eigenvalue weighted by atomic mass is 16.6. The van der Waals surface area contributed by atoms with Crippen molar-refractivity contribution in [3.63, 3.8) is 0 Å². The number of hydrogen-bond acceptors (Lipinski definition) is 8. The molecule has 1 aliphatic heterocycles. The smallest absolute Gasteiger partial charge is 0.418 e. The van der Waals surface area contributed by atoms with Gasteiger partial charge in [-0.05, 0) is 51.7 Å². The second kappa shape index (κ2) is 13.8. The number of carbonyl (C=O) groups excluding carboxylic acids is 4. The molecule has 3 rings (SSSR count). The normalized spacial score (nSPS) is 22.3. The van der Waals surface area contributed by atoms with Gasteiger partial charge in [0.1, 0.15) is 18.3 Å². The number of unbranched alkanes of at least 4 members (excludes halogenated alkanes) is 1. The summed E-state index contributed by atoms with van der Waals surface area (Å²) in [5, 5.41) is 12.2. The number of hydrogen-bond donors (Lipinski definition) is 1. The van der Waals surface area contributed by atoms with E-state index >= 15 is 0 Å². The van der Waals surface area contributed by atoms with Crippen LogP contribution in [0.2, 0.25) is 0 Å². The third-order valence-electron chi connectivity index (χ3n) is 7.06. The Balaban J connectivity index is 2.25. The molecule has 1 saturated heterocycles. The van der Waals surface area contributed by atoms with Gasteiger partial charge < -0.3 is 19.3 Å². The number of nitrogens with zero attached hydrogens (tertiary/aromatic N) is 1. The molecule has 9 nitrogen and oxygen atoms in total. The minimum atomic E-state index is -2.34. The number of esters is 2. The van der Waals surface area contributed by atoms with Crippen LogP contribution in [0.4, 0.5) is 4.79 Å². The van der Waals surface area contributed by atoms with Crippen LogP contribution >= 0.6 is 0 Å². The van der Waals surface area contributed by atoms with E-state index in [1.165, 1.54) is 0 Å². The largest absolute Gasteiger partial charge is 0.464 e. The van der Waals surface area contributed by atoms with Crippen molar-refractivity contribution < 1.29 is 38.5 Å². The average Bonchev–Trinajstić information content (AvgIpc) is 3.14. The Morgan fingerprint density at radius 1 is 0.905 bits per heavy atom. The number of allylic oxidation sites excluding steroid dienone is 2. The van der Waals surface area contributed by atoms with E-state index in [1.54, 1.807) is 94.4 Å². The van der Waals surface area contributed by atoms with Crippen molar-refractivity contribution >= 4 is 23.9 Å². The lowest BCUT2D eigenvalue weighted by molar-refractivity contribution is -0.170. The second-order valence-corrected chi connectivity index (χ2v) is 11.3. The van der Waals surface area contributed by atoms with Gasteiger partial charge in [0.2, 0.25) is 0 Å². The zero-order chi connectivity index (χ0) is 31.0. The van der Waals surface area contributed by atoms with Crippen molar-refractivity contribution in [2.45, 2.75) is 84.2 Å². The molecule has 0 aliphatic carbocycles. The number of likely N-dealkylation sites (tertiary alicyclic amines) is 1. The van der Waals surface area contributed by atoms with E-state index in [4.69, 9.17) is 14.2 Å². The lowest BCUT2D eigenvalue weighted by atomic mass is 9.72. The molecule has 0 aromatic heterocycles. The number of aliphatic hydroxyl groups excluding tert-OH is 1. The average molecular weight is 580 g/mol. The number of benzene rings is 2. The number of carbonyl (C=O) groups is 4. The maximum Gasteiger partial charge on any atom is 0.418 e.